The molecule has 1 aliphatic heterocycles. The second-order valence-corrected chi connectivity index (χ2v) is 19.0. The van der Waals surface area contributed by atoms with Crippen molar-refractivity contribution in [3.05, 3.63) is 11.6 Å². The summed E-state index contributed by atoms with van der Waals surface area (Å²) >= 11 is 0. The van der Waals surface area contributed by atoms with Gasteiger partial charge in [0, 0.05) is 0 Å². The monoisotopic (exact) mass is 740 g/mol. The Morgan fingerprint density at radius 1 is 0.959 bits per heavy atom. The molecule has 0 aromatic carbocycles. The molecule has 6 N–H and O–H groups in total. The molecule has 0 aromatic heterocycles. The summed E-state index contributed by atoms with van der Waals surface area (Å²) in [5, 5.41) is 54.1. The van der Waals surface area contributed by atoms with Crippen molar-refractivity contribution in [2.24, 2.45) is 45.3 Å². The van der Waals surface area contributed by atoms with Gasteiger partial charge in [0.1, 0.15) is 24.4 Å². The summed E-state index contributed by atoms with van der Waals surface area (Å²) in [7, 11) is -4.90. The summed E-state index contributed by atoms with van der Waals surface area (Å²) < 4.78 is 29.7. The largest absolute Gasteiger partial charge is 1.00 e. The zero-order valence-electron chi connectivity index (χ0n) is 31.2. The van der Waals surface area contributed by atoms with E-state index in [1.807, 2.05) is 20.8 Å². The van der Waals surface area contributed by atoms with Crippen LogP contribution < -0.4 is 56.3 Å². The van der Waals surface area contributed by atoms with Gasteiger partial charge in [-0.1, -0.05) is 46.3 Å². The van der Waals surface area contributed by atoms with Crippen LogP contribution in [0, 0.1) is 45.3 Å². The fourth-order valence-corrected chi connectivity index (χ4v) is 12.9. The molecule has 11 nitrogen and oxygen atoms in total. The van der Waals surface area contributed by atoms with E-state index in [4.69, 9.17) is 14.0 Å². The van der Waals surface area contributed by atoms with E-state index in [1.165, 1.54) is 5.57 Å². The van der Waals surface area contributed by atoms with Crippen molar-refractivity contribution in [1.29, 1.82) is 0 Å². The third-order valence-corrected chi connectivity index (χ3v) is 15.3. The maximum atomic E-state index is 12.3. The molecule has 0 radical (unpaired) electrons. The Morgan fingerprint density at radius 2 is 1.59 bits per heavy atom. The van der Waals surface area contributed by atoms with Crippen molar-refractivity contribution < 1.29 is 105 Å². The number of aliphatic hydroxyl groups excluding tert-OH is 5. The van der Waals surface area contributed by atoms with Crippen LogP contribution in [0.3, 0.4) is 0 Å². The first-order valence-corrected chi connectivity index (χ1v) is 19.6. The van der Waals surface area contributed by atoms with E-state index in [9.17, 15) is 39.9 Å². The van der Waals surface area contributed by atoms with Crippen LogP contribution in [0.15, 0.2) is 11.6 Å². The zero-order valence-corrected chi connectivity index (χ0v) is 35.2. The Bertz CT molecular complexity index is 1260. The summed E-state index contributed by atoms with van der Waals surface area (Å²) in [5.74, 6) is 0.0983. The smallest absolute Gasteiger partial charge is 0.756 e. The molecule has 0 aromatic rings. The van der Waals surface area contributed by atoms with Gasteiger partial charge in [-0.15, -0.1) is 0 Å². The van der Waals surface area contributed by atoms with Crippen molar-refractivity contribution in [2.75, 3.05) is 6.61 Å². The molecule has 5 rings (SSSR count). The minimum absolute atomic E-state index is 0. The molecule has 5 unspecified atom stereocenters. The third kappa shape index (κ3) is 7.46. The molecule has 5 fully saturated rings. The number of rotatable bonds is 9. The number of allylic oxidation sites excluding steroid dienone is 2. The third-order valence-electron chi connectivity index (χ3n) is 14.8. The van der Waals surface area contributed by atoms with E-state index in [2.05, 4.69) is 40.7 Å². The van der Waals surface area contributed by atoms with E-state index in [0.29, 0.717) is 25.7 Å². The molecule has 1 heterocycles. The second-order valence-electron chi connectivity index (χ2n) is 17.8. The molecule has 16 atom stereocenters. The maximum Gasteiger partial charge on any atom is 1.00 e. The molecule has 278 valence electrons. The maximum absolute atomic E-state index is 12.3. The van der Waals surface area contributed by atoms with Crippen LogP contribution in [-0.4, -0.2) is 85.5 Å². The number of ether oxygens (including phenoxy) is 2. The minimum Gasteiger partial charge on any atom is -0.756 e. The van der Waals surface area contributed by atoms with Crippen molar-refractivity contribution in [3.63, 3.8) is 0 Å². The Hall–Kier alpha value is 1.21. The van der Waals surface area contributed by atoms with Crippen LogP contribution in [0.25, 0.3) is 0 Å². The van der Waals surface area contributed by atoms with Crippen LogP contribution in [0.5, 0.6) is 0 Å². The van der Waals surface area contributed by atoms with E-state index in [1.54, 1.807) is 0 Å². The standard InChI is InChI=1S/C36H63O11P.K/c1-20(2)10-9-14-36(8,46-31-30(41)29(40)28(39)23(19-37)45-31)21-11-16-35(7)27(21)22(38)18-25-33(5)15-13-26(47-48(42,43)44)32(3,4)24(33)12-17-34(25,35)6;/h10,21-31,37-41H,9,11-19H2,1-8H3,(H2,42,43,44);/q;+1/p-1/t21?,22-,23-,24?,25?,26+,27?,28-,29+,30-,31+,33+,34-,35-,36+;/m1./s1. The molecule has 0 amide bonds. The van der Waals surface area contributed by atoms with Gasteiger partial charge in [-0.3, -0.25) is 4.57 Å². The molecule has 1 saturated heterocycles. The van der Waals surface area contributed by atoms with E-state index >= 15 is 0 Å². The normalized spacial score (nSPS) is 48.5. The number of aliphatic hydroxyl groups is 5. The average molecular weight is 741 g/mol. The number of phosphoric acid groups is 1. The van der Waals surface area contributed by atoms with E-state index in [0.717, 1.165) is 32.1 Å². The van der Waals surface area contributed by atoms with E-state index in [-0.39, 0.29) is 91.3 Å². The van der Waals surface area contributed by atoms with Gasteiger partial charge in [-0.2, -0.15) is 0 Å². The Morgan fingerprint density at radius 3 is 2.18 bits per heavy atom. The van der Waals surface area contributed by atoms with Crippen molar-refractivity contribution in [3.8, 4) is 0 Å². The van der Waals surface area contributed by atoms with Crippen LogP contribution in [0.2, 0.25) is 0 Å². The van der Waals surface area contributed by atoms with Crippen molar-refractivity contribution in [1.82, 2.24) is 0 Å². The SMILES string of the molecule is CC(C)=CCC[C@](C)(O[C@@H]1O[C@H](CO)[C@@H](O)[C@H](O)[C@H]1O)C1CC[C@]2(C)C1[C@H](O)CC1[C@@]3(C)CC[C@H](OP(=O)([O-])O)C(C)(C)C3CC[C@]12C.[K+]. The fourth-order valence-electron chi connectivity index (χ4n) is 12.2. The number of hydrogen-bond acceptors (Lipinski definition) is 10. The predicted octanol–water partition coefficient (Wildman–Crippen LogP) is 0.814. The first kappa shape index (κ1) is 42.9. The first-order valence-electron chi connectivity index (χ1n) is 18.1. The van der Waals surface area contributed by atoms with Crippen molar-refractivity contribution >= 4 is 7.82 Å². The zero-order chi connectivity index (χ0) is 35.8. The van der Waals surface area contributed by atoms with Crippen LogP contribution in [0.1, 0.15) is 113 Å². The number of fused-ring (bicyclic) bond motifs is 5. The Balaban J connectivity index is 0.00000541. The minimum atomic E-state index is -4.90. The number of phosphoric ester groups is 1. The molecule has 5 aliphatic rings. The fraction of sp³-hybridized carbons (Fsp3) is 0.944. The van der Waals surface area contributed by atoms with Gasteiger partial charge in [0.05, 0.1) is 24.4 Å². The summed E-state index contributed by atoms with van der Waals surface area (Å²) in [5.41, 5.74) is -0.764. The molecule has 13 heteroatoms. The molecule has 49 heavy (non-hydrogen) atoms. The van der Waals surface area contributed by atoms with Gasteiger partial charge in [0.25, 0.3) is 7.82 Å². The van der Waals surface area contributed by atoms with Crippen LogP contribution >= 0.6 is 7.82 Å². The molecule has 4 aliphatic carbocycles. The van der Waals surface area contributed by atoms with Gasteiger partial charge in [0.15, 0.2) is 6.29 Å². The summed E-state index contributed by atoms with van der Waals surface area (Å²) in [6.45, 7) is 16.7. The van der Waals surface area contributed by atoms with Crippen LogP contribution in [-0.2, 0) is 18.6 Å². The van der Waals surface area contributed by atoms with Crippen molar-refractivity contribution in [2.45, 2.75) is 162 Å². The molecule has 0 spiro atoms. The second kappa shape index (κ2) is 15.0. The predicted molar refractivity (Wildman–Crippen MR) is 177 cm³/mol. The first-order chi connectivity index (χ1) is 22.1. The molecule has 0 bridgehead atoms. The molecular weight excluding hydrogens is 678 g/mol. The topological polar surface area (TPSA) is 189 Å². The quantitative estimate of drug-likeness (QED) is 0.112. The summed E-state index contributed by atoms with van der Waals surface area (Å²) in [6.07, 6.45) is 0.607. The summed E-state index contributed by atoms with van der Waals surface area (Å²) in [6, 6.07) is 0. The molecular formula is C36H62KO11P. The van der Waals surface area contributed by atoms with Crippen LogP contribution in [0.4, 0.5) is 0 Å². The number of hydrogen-bond donors (Lipinski definition) is 6. The van der Waals surface area contributed by atoms with Gasteiger partial charge in [-0.25, -0.2) is 0 Å². The average Bonchev–Trinajstić information content (AvgIpc) is 3.36. The van der Waals surface area contributed by atoms with E-state index < -0.39 is 68.4 Å². The molecule has 4 saturated carbocycles. The van der Waals surface area contributed by atoms with Gasteiger partial charge < -0.3 is 49.3 Å². The van der Waals surface area contributed by atoms with Gasteiger partial charge in [-0.05, 0) is 124 Å². The Kier molecular flexibility index (Phi) is 13.2. The Labute approximate surface area is 335 Å². The van der Waals surface area contributed by atoms with Gasteiger partial charge in [0.2, 0.25) is 0 Å². The van der Waals surface area contributed by atoms with Gasteiger partial charge >= 0.3 is 51.4 Å². The summed E-state index contributed by atoms with van der Waals surface area (Å²) in [4.78, 5) is 21.4.